The molecule has 1 saturated heterocycles. The summed E-state index contributed by atoms with van der Waals surface area (Å²) in [5.74, 6) is -0.0486. The molecular formula is C9H14O3. The Balaban J connectivity index is 1.97. The number of carbonyl (C=O) groups is 1. The number of carboxylic acid groups (broad SMARTS) is 1. The molecule has 0 radical (unpaired) electrons. The number of hydrogen-bond acceptors (Lipinski definition) is 2. The van der Waals surface area contributed by atoms with Gasteiger partial charge in [-0.25, -0.2) is 0 Å². The lowest BCUT2D eigenvalue weighted by atomic mass is 9.62. The number of aliphatic carboxylic acids is 1. The molecule has 0 aromatic rings. The third-order valence-electron chi connectivity index (χ3n) is 3.25. The minimum absolute atomic E-state index is 0.0179. The smallest absolute Gasteiger partial charge is 0.304 e. The summed E-state index contributed by atoms with van der Waals surface area (Å²) < 4.78 is 5.13. The molecule has 1 N–H and O–H groups in total. The van der Waals surface area contributed by atoms with Crippen LogP contribution in [-0.4, -0.2) is 24.3 Å². The lowest BCUT2D eigenvalue weighted by molar-refractivity contribution is -0.180. The second kappa shape index (κ2) is 2.73. The third kappa shape index (κ3) is 1.12. The average Bonchev–Trinajstić information content (AvgIpc) is 1.77. The molecule has 68 valence electrons. The number of hydrogen-bond donors (Lipinski definition) is 1. The Morgan fingerprint density at radius 2 is 2.17 bits per heavy atom. The standard InChI is InChI=1S/C9H14O3/c10-8(11)4-9(5-12-6-9)7-2-1-3-7/h7H,1-6H2,(H,10,11). The van der Waals surface area contributed by atoms with Crippen LogP contribution in [0.25, 0.3) is 0 Å². The van der Waals surface area contributed by atoms with Crippen LogP contribution in [0, 0.1) is 11.3 Å². The SMILES string of the molecule is O=C(O)CC1(C2CCC2)COC1. The van der Waals surface area contributed by atoms with E-state index in [9.17, 15) is 4.79 Å². The molecule has 3 nitrogen and oxygen atoms in total. The zero-order valence-corrected chi connectivity index (χ0v) is 7.08. The first-order chi connectivity index (χ1) is 5.73. The van der Waals surface area contributed by atoms with Crippen LogP contribution in [0.1, 0.15) is 25.7 Å². The first-order valence-corrected chi connectivity index (χ1v) is 4.52. The van der Waals surface area contributed by atoms with Crippen molar-refractivity contribution in [1.82, 2.24) is 0 Å². The highest BCUT2D eigenvalue weighted by Gasteiger charge is 2.48. The molecule has 3 heteroatoms. The van der Waals surface area contributed by atoms with Gasteiger partial charge in [0.05, 0.1) is 19.6 Å². The van der Waals surface area contributed by atoms with Crippen molar-refractivity contribution < 1.29 is 14.6 Å². The van der Waals surface area contributed by atoms with Gasteiger partial charge in [-0.05, 0) is 18.8 Å². The van der Waals surface area contributed by atoms with E-state index in [1.54, 1.807) is 0 Å². The normalized spacial score (nSPS) is 27.3. The van der Waals surface area contributed by atoms with Crippen LogP contribution < -0.4 is 0 Å². The van der Waals surface area contributed by atoms with Gasteiger partial charge in [-0.3, -0.25) is 4.79 Å². The Morgan fingerprint density at radius 1 is 1.50 bits per heavy atom. The van der Waals surface area contributed by atoms with E-state index in [0.717, 1.165) is 0 Å². The molecule has 0 aromatic carbocycles. The van der Waals surface area contributed by atoms with Gasteiger partial charge < -0.3 is 9.84 Å². The summed E-state index contributed by atoms with van der Waals surface area (Å²) in [7, 11) is 0. The van der Waals surface area contributed by atoms with Crippen molar-refractivity contribution in [3.63, 3.8) is 0 Å². The molecule has 0 amide bonds. The predicted molar refractivity (Wildman–Crippen MR) is 42.8 cm³/mol. The van der Waals surface area contributed by atoms with Crippen molar-refractivity contribution in [3.05, 3.63) is 0 Å². The van der Waals surface area contributed by atoms with Crippen LogP contribution in [0.2, 0.25) is 0 Å². The Morgan fingerprint density at radius 3 is 2.42 bits per heavy atom. The first-order valence-electron chi connectivity index (χ1n) is 4.52. The van der Waals surface area contributed by atoms with E-state index in [1.165, 1.54) is 19.3 Å². The molecule has 0 atom stereocenters. The van der Waals surface area contributed by atoms with Crippen LogP contribution in [-0.2, 0) is 9.53 Å². The molecule has 1 saturated carbocycles. The van der Waals surface area contributed by atoms with Gasteiger partial charge in [-0.1, -0.05) is 6.42 Å². The Labute approximate surface area is 71.7 Å². The Kier molecular flexibility index (Phi) is 1.83. The Bertz CT molecular complexity index is 192. The van der Waals surface area contributed by atoms with Gasteiger partial charge in [0, 0.05) is 5.41 Å². The van der Waals surface area contributed by atoms with Crippen molar-refractivity contribution >= 4 is 5.97 Å². The lowest BCUT2D eigenvalue weighted by Crippen LogP contribution is -2.51. The van der Waals surface area contributed by atoms with Gasteiger partial charge in [0.1, 0.15) is 0 Å². The number of ether oxygens (including phenoxy) is 1. The average molecular weight is 170 g/mol. The summed E-state index contributed by atoms with van der Waals surface area (Å²) in [6, 6.07) is 0. The van der Waals surface area contributed by atoms with Crippen LogP contribution in [0.15, 0.2) is 0 Å². The summed E-state index contributed by atoms with van der Waals surface area (Å²) >= 11 is 0. The zero-order valence-electron chi connectivity index (χ0n) is 7.08. The molecule has 0 unspecified atom stereocenters. The highest BCUT2D eigenvalue weighted by Crippen LogP contribution is 2.48. The minimum Gasteiger partial charge on any atom is -0.481 e. The molecule has 0 bridgehead atoms. The summed E-state index contributed by atoms with van der Waals surface area (Å²) in [6.07, 6.45) is 3.98. The molecule has 1 aliphatic heterocycles. The predicted octanol–water partition coefficient (Wildman–Crippen LogP) is 1.28. The molecule has 1 heterocycles. The summed E-state index contributed by atoms with van der Waals surface area (Å²) in [5.41, 5.74) is 0.0179. The molecule has 2 rings (SSSR count). The summed E-state index contributed by atoms with van der Waals surface area (Å²) in [4.78, 5) is 10.6. The first kappa shape index (κ1) is 8.05. The quantitative estimate of drug-likeness (QED) is 0.694. The van der Waals surface area contributed by atoms with Crippen molar-refractivity contribution in [3.8, 4) is 0 Å². The monoisotopic (exact) mass is 170 g/mol. The largest absolute Gasteiger partial charge is 0.481 e. The highest BCUT2D eigenvalue weighted by atomic mass is 16.5. The second-order valence-electron chi connectivity index (χ2n) is 4.05. The van der Waals surface area contributed by atoms with Crippen molar-refractivity contribution in [2.75, 3.05) is 13.2 Å². The minimum atomic E-state index is -0.676. The van der Waals surface area contributed by atoms with Crippen LogP contribution >= 0.6 is 0 Å². The molecule has 2 fully saturated rings. The number of rotatable bonds is 3. The molecule has 0 aromatic heterocycles. The fraction of sp³-hybridized carbons (Fsp3) is 0.889. The fourth-order valence-corrected chi connectivity index (χ4v) is 2.17. The van der Waals surface area contributed by atoms with E-state index in [2.05, 4.69) is 0 Å². The number of carboxylic acids is 1. The summed E-state index contributed by atoms with van der Waals surface area (Å²) in [6.45, 7) is 1.34. The lowest BCUT2D eigenvalue weighted by Gasteiger charge is -2.50. The van der Waals surface area contributed by atoms with Crippen LogP contribution in [0.4, 0.5) is 0 Å². The summed E-state index contributed by atoms with van der Waals surface area (Å²) in [5, 5.41) is 8.73. The molecular weight excluding hydrogens is 156 g/mol. The van der Waals surface area contributed by atoms with Gasteiger partial charge in [0.15, 0.2) is 0 Å². The van der Waals surface area contributed by atoms with Gasteiger partial charge in [0.2, 0.25) is 0 Å². The van der Waals surface area contributed by atoms with E-state index >= 15 is 0 Å². The van der Waals surface area contributed by atoms with E-state index in [-0.39, 0.29) is 5.41 Å². The molecule has 12 heavy (non-hydrogen) atoms. The molecule has 1 aliphatic carbocycles. The van der Waals surface area contributed by atoms with Crippen molar-refractivity contribution in [1.29, 1.82) is 0 Å². The van der Waals surface area contributed by atoms with Gasteiger partial charge >= 0.3 is 5.97 Å². The molecule has 0 spiro atoms. The maximum atomic E-state index is 10.6. The second-order valence-corrected chi connectivity index (χ2v) is 4.05. The zero-order chi connectivity index (χ0) is 8.60. The van der Waals surface area contributed by atoms with Crippen LogP contribution in [0.3, 0.4) is 0 Å². The fourth-order valence-electron chi connectivity index (χ4n) is 2.17. The topological polar surface area (TPSA) is 46.5 Å². The maximum absolute atomic E-state index is 10.6. The maximum Gasteiger partial charge on any atom is 0.304 e. The van der Waals surface area contributed by atoms with Gasteiger partial charge in [0.25, 0.3) is 0 Å². The van der Waals surface area contributed by atoms with E-state index in [0.29, 0.717) is 25.6 Å². The van der Waals surface area contributed by atoms with Crippen molar-refractivity contribution in [2.45, 2.75) is 25.7 Å². The molecule has 2 aliphatic rings. The Hall–Kier alpha value is -0.570. The van der Waals surface area contributed by atoms with E-state index in [1.807, 2.05) is 0 Å². The van der Waals surface area contributed by atoms with Gasteiger partial charge in [-0.15, -0.1) is 0 Å². The van der Waals surface area contributed by atoms with Crippen molar-refractivity contribution in [2.24, 2.45) is 11.3 Å². The van der Waals surface area contributed by atoms with Gasteiger partial charge in [-0.2, -0.15) is 0 Å². The third-order valence-corrected chi connectivity index (χ3v) is 3.25. The van der Waals surface area contributed by atoms with Crippen LogP contribution in [0.5, 0.6) is 0 Å². The van der Waals surface area contributed by atoms with E-state index < -0.39 is 5.97 Å². The highest BCUT2D eigenvalue weighted by molar-refractivity contribution is 5.68. The van der Waals surface area contributed by atoms with E-state index in [4.69, 9.17) is 9.84 Å².